The summed E-state index contributed by atoms with van der Waals surface area (Å²) in [6.07, 6.45) is 5.03. The quantitative estimate of drug-likeness (QED) is 0.811. The Bertz CT molecular complexity index is 910. The number of carboxylic acids is 1. The molecule has 2 aromatic rings. The van der Waals surface area contributed by atoms with E-state index in [1.165, 1.54) is 11.1 Å². The molecule has 1 aliphatic heterocycles. The van der Waals surface area contributed by atoms with E-state index in [1.54, 1.807) is 4.90 Å². The molecule has 1 heterocycles. The number of carboxylic acid groups (broad SMARTS) is 1. The second-order valence-corrected chi connectivity index (χ2v) is 7.32. The van der Waals surface area contributed by atoms with Crippen molar-refractivity contribution in [3.63, 3.8) is 0 Å². The number of aliphatic carboxylic acids is 1. The number of carbonyl (C=O) groups excluding carboxylic acids is 1. The summed E-state index contributed by atoms with van der Waals surface area (Å²) < 4.78 is 5.59. The summed E-state index contributed by atoms with van der Waals surface area (Å²) in [4.78, 5) is 25.3. The van der Waals surface area contributed by atoms with Crippen LogP contribution in [0.15, 0.2) is 48.5 Å². The molecular formula is C23H21NO4. The van der Waals surface area contributed by atoms with Crippen LogP contribution < -0.4 is 0 Å². The third-order valence-electron chi connectivity index (χ3n) is 5.73. The van der Waals surface area contributed by atoms with Gasteiger partial charge >= 0.3 is 12.1 Å². The van der Waals surface area contributed by atoms with Crippen molar-refractivity contribution in [2.24, 2.45) is 11.8 Å². The van der Waals surface area contributed by atoms with Gasteiger partial charge in [0.15, 0.2) is 0 Å². The lowest BCUT2D eigenvalue weighted by atomic mass is 9.84. The van der Waals surface area contributed by atoms with Crippen molar-refractivity contribution >= 4 is 12.1 Å². The lowest BCUT2D eigenvalue weighted by Crippen LogP contribution is -2.54. The molecule has 2 aromatic carbocycles. The first-order valence-corrected chi connectivity index (χ1v) is 9.36. The van der Waals surface area contributed by atoms with Crippen molar-refractivity contribution in [1.29, 1.82) is 0 Å². The van der Waals surface area contributed by atoms with Crippen LogP contribution in [-0.2, 0) is 9.53 Å². The third-order valence-corrected chi connectivity index (χ3v) is 5.73. The molecular weight excluding hydrogens is 354 g/mol. The molecule has 5 heteroatoms. The molecule has 0 bridgehead atoms. The highest BCUT2D eigenvalue weighted by Gasteiger charge is 2.40. The van der Waals surface area contributed by atoms with E-state index >= 15 is 0 Å². The number of terminal acetylenes is 1. The van der Waals surface area contributed by atoms with Crippen molar-refractivity contribution in [3.8, 4) is 23.5 Å². The molecule has 1 saturated heterocycles. The number of likely N-dealkylation sites (tertiary alicyclic amines) is 1. The van der Waals surface area contributed by atoms with Gasteiger partial charge in [0.1, 0.15) is 6.61 Å². The van der Waals surface area contributed by atoms with E-state index in [9.17, 15) is 14.7 Å². The Kier molecular flexibility index (Phi) is 4.79. The van der Waals surface area contributed by atoms with Gasteiger partial charge in [-0.3, -0.25) is 4.79 Å². The van der Waals surface area contributed by atoms with Gasteiger partial charge in [-0.25, -0.2) is 4.79 Å². The Morgan fingerprint density at radius 3 is 2.21 bits per heavy atom. The van der Waals surface area contributed by atoms with E-state index in [4.69, 9.17) is 11.2 Å². The lowest BCUT2D eigenvalue weighted by Gasteiger charge is -2.40. The van der Waals surface area contributed by atoms with Gasteiger partial charge in [0.2, 0.25) is 0 Å². The zero-order chi connectivity index (χ0) is 19.7. The summed E-state index contributed by atoms with van der Waals surface area (Å²) in [7, 11) is 0. The van der Waals surface area contributed by atoms with Gasteiger partial charge in [-0.15, -0.1) is 12.3 Å². The Morgan fingerprint density at radius 2 is 1.68 bits per heavy atom. The third kappa shape index (κ3) is 3.11. The lowest BCUT2D eigenvalue weighted by molar-refractivity contribution is -0.145. The molecule has 4 rings (SSSR count). The maximum absolute atomic E-state index is 12.4. The molecule has 0 radical (unpaired) electrons. The summed E-state index contributed by atoms with van der Waals surface area (Å²) in [6.45, 7) is 1.01. The number of hydrogen-bond acceptors (Lipinski definition) is 3. The largest absolute Gasteiger partial charge is 0.481 e. The SMILES string of the molecule is C#CCC(C(=O)O)C1CN(C(=O)OCC2c3ccccc3-c3ccccc32)C1. The minimum absolute atomic E-state index is 0.0154. The number of benzene rings is 2. The normalized spacial score (nSPS) is 16.5. The topological polar surface area (TPSA) is 66.8 Å². The highest BCUT2D eigenvalue weighted by Crippen LogP contribution is 2.44. The highest BCUT2D eigenvalue weighted by atomic mass is 16.6. The second-order valence-electron chi connectivity index (χ2n) is 7.32. The van der Waals surface area contributed by atoms with Gasteiger partial charge in [0, 0.05) is 31.3 Å². The highest BCUT2D eigenvalue weighted by molar-refractivity contribution is 5.79. The van der Waals surface area contributed by atoms with Crippen molar-refractivity contribution in [1.82, 2.24) is 4.90 Å². The maximum atomic E-state index is 12.4. The van der Waals surface area contributed by atoms with Crippen LogP contribution in [0.25, 0.3) is 11.1 Å². The van der Waals surface area contributed by atoms with E-state index < -0.39 is 18.0 Å². The first-order chi connectivity index (χ1) is 13.6. The van der Waals surface area contributed by atoms with Gasteiger partial charge < -0.3 is 14.7 Å². The van der Waals surface area contributed by atoms with Crippen LogP contribution in [0.1, 0.15) is 23.5 Å². The average molecular weight is 375 g/mol. The fraction of sp³-hybridized carbons (Fsp3) is 0.304. The van der Waals surface area contributed by atoms with Crippen molar-refractivity contribution < 1.29 is 19.4 Å². The zero-order valence-corrected chi connectivity index (χ0v) is 15.4. The van der Waals surface area contributed by atoms with Crippen LogP contribution >= 0.6 is 0 Å². The summed E-state index contributed by atoms with van der Waals surface area (Å²) in [5, 5.41) is 9.27. The molecule has 1 atom stereocenters. The van der Waals surface area contributed by atoms with E-state index in [2.05, 4.69) is 30.2 Å². The summed E-state index contributed by atoms with van der Waals surface area (Å²) in [5.74, 6) is 0.791. The van der Waals surface area contributed by atoms with Crippen LogP contribution in [0.4, 0.5) is 4.79 Å². The van der Waals surface area contributed by atoms with Gasteiger partial charge in [-0.05, 0) is 22.3 Å². The Hall–Kier alpha value is -3.26. The molecule has 2 aliphatic rings. The number of amides is 1. The molecule has 5 nitrogen and oxygen atoms in total. The fourth-order valence-electron chi connectivity index (χ4n) is 4.18. The van der Waals surface area contributed by atoms with Crippen LogP contribution in [-0.4, -0.2) is 41.8 Å². The maximum Gasteiger partial charge on any atom is 0.409 e. The summed E-state index contributed by atoms with van der Waals surface area (Å²) in [5.41, 5.74) is 4.69. The second kappa shape index (κ2) is 7.40. The number of ether oxygens (including phenoxy) is 1. The zero-order valence-electron chi connectivity index (χ0n) is 15.4. The van der Waals surface area contributed by atoms with E-state index in [-0.39, 0.29) is 24.9 Å². The van der Waals surface area contributed by atoms with Crippen LogP contribution in [0.5, 0.6) is 0 Å². The number of carbonyl (C=O) groups is 2. The van der Waals surface area contributed by atoms with Crippen molar-refractivity contribution in [3.05, 3.63) is 59.7 Å². The van der Waals surface area contributed by atoms with Crippen LogP contribution in [0, 0.1) is 24.2 Å². The van der Waals surface area contributed by atoms with Crippen LogP contribution in [0.3, 0.4) is 0 Å². The predicted octanol–water partition coefficient (Wildman–Crippen LogP) is 3.59. The average Bonchev–Trinajstić information content (AvgIpc) is 2.98. The monoisotopic (exact) mass is 375 g/mol. The molecule has 0 aromatic heterocycles. The molecule has 1 unspecified atom stereocenters. The van der Waals surface area contributed by atoms with Gasteiger partial charge in [0.05, 0.1) is 5.92 Å². The molecule has 0 saturated carbocycles. The minimum atomic E-state index is -0.907. The molecule has 1 N–H and O–H groups in total. The Morgan fingerprint density at radius 1 is 1.11 bits per heavy atom. The fourth-order valence-corrected chi connectivity index (χ4v) is 4.18. The van der Waals surface area contributed by atoms with Gasteiger partial charge in [-0.1, -0.05) is 48.5 Å². The van der Waals surface area contributed by atoms with Gasteiger partial charge in [0.25, 0.3) is 0 Å². The number of hydrogen-bond donors (Lipinski definition) is 1. The molecule has 1 aliphatic carbocycles. The molecule has 1 fully saturated rings. The number of fused-ring (bicyclic) bond motifs is 3. The predicted molar refractivity (Wildman–Crippen MR) is 105 cm³/mol. The van der Waals surface area contributed by atoms with E-state index in [0.717, 1.165) is 11.1 Å². The summed E-state index contributed by atoms with van der Waals surface area (Å²) >= 11 is 0. The Balaban J connectivity index is 1.39. The number of rotatable bonds is 5. The minimum Gasteiger partial charge on any atom is -0.481 e. The molecule has 0 spiro atoms. The van der Waals surface area contributed by atoms with E-state index in [0.29, 0.717) is 13.1 Å². The molecule has 142 valence electrons. The molecule has 28 heavy (non-hydrogen) atoms. The first-order valence-electron chi connectivity index (χ1n) is 9.36. The number of nitrogens with zero attached hydrogens (tertiary/aromatic N) is 1. The first kappa shape index (κ1) is 18.1. The van der Waals surface area contributed by atoms with E-state index in [1.807, 2.05) is 24.3 Å². The van der Waals surface area contributed by atoms with Crippen molar-refractivity contribution in [2.45, 2.75) is 12.3 Å². The smallest absolute Gasteiger partial charge is 0.409 e. The molecule has 1 amide bonds. The standard InChI is InChI=1S/C23H21NO4/c1-2-7-16(22(25)26)15-12-24(13-15)23(27)28-14-21-19-10-5-3-8-17(19)18-9-4-6-11-20(18)21/h1,3-6,8-11,15-16,21H,7,12-14H2,(H,25,26). The Labute approximate surface area is 163 Å². The van der Waals surface area contributed by atoms with Crippen molar-refractivity contribution in [2.75, 3.05) is 19.7 Å². The summed E-state index contributed by atoms with van der Waals surface area (Å²) in [6, 6.07) is 16.4. The van der Waals surface area contributed by atoms with Gasteiger partial charge in [-0.2, -0.15) is 0 Å². The van der Waals surface area contributed by atoms with Crippen LogP contribution in [0.2, 0.25) is 0 Å².